The number of methoxy groups -OCH3 is 3. The molecule has 1 aliphatic rings. The number of anilines is 1. The van der Waals surface area contributed by atoms with Gasteiger partial charge < -0.3 is 39.6 Å². The first-order chi connectivity index (χ1) is 11.5. The number of ether oxygens (including phenoxy) is 4. The monoisotopic (exact) mass is 343 g/mol. The van der Waals surface area contributed by atoms with Crippen molar-refractivity contribution in [2.75, 3.05) is 33.3 Å². The van der Waals surface area contributed by atoms with Crippen molar-refractivity contribution in [2.45, 2.75) is 24.4 Å². The van der Waals surface area contributed by atoms with E-state index in [-0.39, 0.29) is 0 Å². The van der Waals surface area contributed by atoms with Crippen LogP contribution in [0.3, 0.4) is 0 Å². The Hall–Kier alpha value is -2.07. The van der Waals surface area contributed by atoms with E-state index in [0.29, 0.717) is 22.9 Å². The van der Waals surface area contributed by atoms with E-state index in [1.165, 1.54) is 33.5 Å². The number of amides is 1. The molecule has 9 heteroatoms. The van der Waals surface area contributed by atoms with Gasteiger partial charge in [-0.25, -0.2) is 0 Å². The van der Waals surface area contributed by atoms with Gasteiger partial charge in [-0.15, -0.1) is 0 Å². The minimum absolute atomic E-state index is 0.326. The molecule has 134 valence electrons. The van der Waals surface area contributed by atoms with Crippen LogP contribution in [-0.2, 0) is 9.53 Å². The van der Waals surface area contributed by atoms with Gasteiger partial charge in [0.05, 0.1) is 27.9 Å². The second-order valence-electron chi connectivity index (χ2n) is 5.16. The van der Waals surface area contributed by atoms with Crippen LogP contribution < -0.4 is 19.5 Å². The zero-order valence-electron chi connectivity index (χ0n) is 13.6. The summed E-state index contributed by atoms with van der Waals surface area (Å²) in [7, 11) is 4.33. The molecular formula is C15H21NO8. The summed E-state index contributed by atoms with van der Waals surface area (Å²) >= 11 is 0. The molecule has 0 saturated carbocycles. The number of rotatable bonds is 6. The van der Waals surface area contributed by atoms with Crippen molar-refractivity contribution in [3.63, 3.8) is 0 Å². The van der Waals surface area contributed by atoms with Crippen LogP contribution in [0.5, 0.6) is 17.2 Å². The highest BCUT2D eigenvalue weighted by molar-refractivity contribution is 5.95. The minimum atomic E-state index is -1.44. The second kappa shape index (κ2) is 7.67. The van der Waals surface area contributed by atoms with Crippen molar-refractivity contribution in [3.05, 3.63) is 12.1 Å². The maximum atomic E-state index is 12.3. The number of benzene rings is 1. The number of carbonyl (C=O) groups excluding carboxylic acids is 1. The van der Waals surface area contributed by atoms with Gasteiger partial charge in [0, 0.05) is 17.8 Å². The summed E-state index contributed by atoms with van der Waals surface area (Å²) in [4.78, 5) is 12.3. The summed E-state index contributed by atoms with van der Waals surface area (Å²) in [6.07, 6.45) is -5.11. The van der Waals surface area contributed by atoms with E-state index >= 15 is 0 Å². The Morgan fingerprint density at radius 3 is 2.12 bits per heavy atom. The molecule has 0 unspecified atom stereocenters. The Morgan fingerprint density at radius 2 is 1.71 bits per heavy atom. The zero-order chi connectivity index (χ0) is 17.9. The third-order valence-electron chi connectivity index (χ3n) is 3.73. The minimum Gasteiger partial charge on any atom is -0.493 e. The Morgan fingerprint density at radius 1 is 1.12 bits per heavy atom. The molecule has 24 heavy (non-hydrogen) atoms. The molecule has 1 aromatic carbocycles. The lowest BCUT2D eigenvalue weighted by molar-refractivity contribution is -0.130. The number of aliphatic hydroxyl groups excluding tert-OH is 3. The summed E-state index contributed by atoms with van der Waals surface area (Å²) in [6, 6.07) is 3.03. The average Bonchev–Trinajstić information content (AvgIpc) is 2.88. The number of aliphatic hydroxyl groups is 3. The molecule has 0 bridgehead atoms. The van der Waals surface area contributed by atoms with Crippen LogP contribution in [0.15, 0.2) is 12.1 Å². The first-order valence-corrected chi connectivity index (χ1v) is 7.20. The summed E-state index contributed by atoms with van der Waals surface area (Å²) in [5.41, 5.74) is 0.326. The molecule has 0 aliphatic carbocycles. The molecule has 1 aliphatic heterocycles. The Balaban J connectivity index is 2.20. The Labute approximate surface area is 138 Å². The fourth-order valence-corrected chi connectivity index (χ4v) is 2.48. The molecule has 1 saturated heterocycles. The van der Waals surface area contributed by atoms with Gasteiger partial charge in [0.2, 0.25) is 5.75 Å². The van der Waals surface area contributed by atoms with E-state index in [9.17, 15) is 15.0 Å². The molecular weight excluding hydrogens is 322 g/mol. The van der Waals surface area contributed by atoms with Crippen molar-refractivity contribution in [3.8, 4) is 17.2 Å². The molecule has 1 aromatic rings. The number of carbonyl (C=O) groups is 1. The van der Waals surface area contributed by atoms with Crippen LogP contribution in [0.25, 0.3) is 0 Å². The largest absolute Gasteiger partial charge is 0.493 e. The van der Waals surface area contributed by atoms with E-state index in [0.717, 1.165) is 0 Å². The van der Waals surface area contributed by atoms with Gasteiger partial charge in [-0.3, -0.25) is 4.79 Å². The molecule has 1 fully saturated rings. The Kier molecular flexibility index (Phi) is 5.84. The van der Waals surface area contributed by atoms with Crippen LogP contribution >= 0.6 is 0 Å². The highest BCUT2D eigenvalue weighted by Gasteiger charge is 2.46. The molecule has 9 nitrogen and oxygen atoms in total. The van der Waals surface area contributed by atoms with Gasteiger partial charge in [0.1, 0.15) is 18.3 Å². The summed E-state index contributed by atoms with van der Waals surface area (Å²) in [5.74, 6) is 0.374. The van der Waals surface area contributed by atoms with Crippen LogP contribution in [-0.4, -0.2) is 73.6 Å². The zero-order valence-corrected chi connectivity index (χ0v) is 13.6. The predicted octanol–water partition coefficient (Wildman–Crippen LogP) is -0.868. The normalized spacial score (nSPS) is 26.1. The standard InChI is InChI=1S/C15H21NO8/c1-21-8-4-7(5-9(22-2)13(8)23-3)16-15(20)14-12(19)11(18)10(6-17)24-14/h4-5,10-12,14,17-19H,6H2,1-3H3,(H,16,20)/t10-,11-,12-,14-/m1/s1. The highest BCUT2D eigenvalue weighted by Crippen LogP contribution is 2.40. The van der Waals surface area contributed by atoms with Crippen molar-refractivity contribution >= 4 is 11.6 Å². The topological polar surface area (TPSA) is 127 Å². The van der Waals surface area contributed by atoms with Crippen molar-refractivity contribution in [1.82, 2.24) is 0 Å². The lowest BCUT2D eigenvalue weighted by Crippen LogP contribution is -2.39. The molecule has 1 heterocycles. The highest BCUT2D eigenvalue weighted by atomic mass is 16.6. The Bertz CT molecular complexity index is 568. The summed E-state index contributed by atoms with van der Waals surface area (Å²) in [6.45, 7) is -0.508. The first-order valence-electron chi connectivity index (χ1n) is 7.20. The molecule has 0 radical (unpaired) electrons. The average molecular weight is 343 g/mol. The quantitative estimate of drug-likeness (QED) is 0.525. The van der Waals surface area contributed by atoms with E-state index in [1.807, 2.05) is 0 Å². The summed E-state index contributed by atoms with van der Waals surface area (Å²) < 4.78 is 20.7. The van der Waals surface area contributed by atoms with Gasteiger partial charge in [0.15, 0.2) is 17.6 Å². The lowest BCUT2D eigenvalue weighted by Gasteiger charge is -2.17. The summed E-state index contributed by atoms with van der Waals surface area (Å²) in [5, 5.41) is 31.2. The number of nitrogens with one attached hydrogen (secondary N) is 1. The van der Waals surface area contributed by atoms with E-state index < -0.39 is 36.9 Å². The predicted molar refractivity (Wildman–Crippen MR) is 82.5 cm³/mol. The third kappa shape index (κ3) is 3.39. The van der Waals surface area contributed by atoms with Crippen LogP contribution in [0, 0.1) is 0 Å². The van der Waals surface area contributed by atoms with Gasteiger partial charge in [-0.1, -0.05) is 0 Å². The van der Waals surface area contributed by atoms with Crippen LogP contribution in [0.2, 0.25) is 0 Å². The lowest BCUT2D eigenvalue weighted by atomic mass is 10.1. The van der Waals surface area contributed by atoms with Crippen LogP contribution in [0.4, 0.5) is 5.69 Å². The van der Waals surface area contributed by atoms with Crippen molar-refractivity contribution < 1.29 is 39.1 Å². The smallest absolute Gasteiger partial charge is 0.256 e. The third-order valence-corrected chi connectivity index (χ3v) is 3.73. The van der Waals surface area contributed by atoms with E-state index in [4.69, 9.17) is 24.1 Å². The molecule has 4 atom stereocenters. The van der Waals surface area contributed by atoms with Gasteiger partial charge >= 0.3 is 0 Å². The molecule has 0 aromatic heterocycles. The van der Waals surface area contributed by atoms with Crippen LogP contribution in [0.1, 0.15) is 0 Å². The van der Waals surface area contributed by atoms with Gasteiger partial charge in [0.25, 0.3) is 5.91 Å². The maximum absolute atomic E-state index is 12.3. The molecule has 2 rings (SSSR count). The molecule has 0 spiro atoms. The number of hydrogen-bond acceptors (Lipinski definition) is 8. The van der Waals surface area contributed by atoms with Crippen molar-refractivity contribution in [1.29, 1.82) is 0 Å². The van der Waals surface area contributed by atoms with Gasteiger partial charge in [-0.05, 0) is 0 Å². The van der Waals surface area contributed by atoms with E-state index in [2.05, 4.69) is 5.32 Å². The van der Waals surface area contributed by atoms with Crippen molar-refractivity contribution in [2.24, 2.45) is 0 Å². The first kappa shape index (κ1) is 18.3. The SMILES string of the molecule is COc1cc(NC(=O)[C@@H]2O[C@H](CO)[C@@H](O)[C@H]2O)cc(OC)c1OC. The maximum Gasteiger partial charge on any atom is 0.256 e. The second-order valence-corrected chi connectivity index (χ2v) is 5.16. The fourth-order valence-electron chi connectivity index (χ4n) is 2.48. The number of hydrogen-bond donors (Lipinski definition) is 4. The van der Waals surface area contributed by atoms with E-state index in [1.54, 1.807) is 0 Å². The fraction of sp³-hybridized carbons (Fsp3) is 0.533. The molecule has 4 N–H and O–H groups in total. The molecule has 1 amide bonds. The van der Waals surface area contributed by atoms with Gasteiger partial charge in [-0.2, -0.15) is 0 Å².